The highest BCUT2D eigenvalue weighted by Gasteiger charge is 2.34. The van der Waals surface area contributed by atoms with E-state index in [4.69, 9.17) is 4.42 Å². The smallest absolute Gasteiger partial charge is 0.401 e. The van der Waals surface area contributed by atoms with Gasteiger partial charge in [0, 0.05) is 30.7 Å². The van der Waals surface area contributed by atoms with Crippen LogP contribution in [-0.4, -0.2) is 36.8 Å². The third-order valence-electron chi connectivity index (χ3n) is 3.71. The van der Waals surface area contributed by atoms with Gasteiger partial charge in [-0.15, -0.1) is 0 Å². The van der Waals surface area contributed by atoms with Crippen LogP contribution in [0, 0.1) is 13.8 Å². The van der Waals surface area contributed by atoms with E-state index in [0.29, 0.717) is 13.1 Å². The quantitative estimate of drug-likeness (QED) is 0.923. The van der Waals surface area contributed by atoms with E-state index in [1.807, 2.05) is 26.8 Å². The van der Waals surface area contributed by atoms with E-state index in [1.165, 1.54) is 4.90 Å². The van der Waals surface area contributed by atoms with Crippen molar-refractivity contribution in [3.63, 3.8) is 0 Å². The highest BCUT2D eigenvalue weighted by atomic mass is 19.4. The number of hydrogen-bond acceptors (Lipinski definition) is 3. The van der Waals surface area contributed by atoms with Crippen molar-refractivity contribution in [3.05, 3.63) is 23.2 Å². The van der Waals surface area contributed by atoms with Crippen LogP contribution in [-0.2, 0) is 0 Å². The first-order valence-corrected chi connectivity index (χ1v) is 6.86. The van der Waals surface area contributed by atoms with Crippen molar-refractivity contribution in [2.45, 2.75) is 45.5 Å². The van der Waals surface area contributed by atoms with E-state index in [1.54, 1.807) is 0 Å². The molecule has 2 rings (SSSR count). The van der Waals surface area contributed by atoms with Crippen LogP contribution in [0.3, 0.4) is 0 Å². The van der Waals surface area contributed by atoms with Crippen LogP contribution in [0.15, 0.2) is 10.5 Å². The number of rotatable bonds is 4. The summed E-state index contributed by atoms with van der Waals surface area (Å²) in [6, 6.07) is 2.17. The van der Waals surface area contributed by atoms with Gasteiger partial charge in [-0.05, 0) is 33.3 Å². The van der Waals surface area contributed by atoms with Crippen LogP contribution in [0.4, 0.5) is 13.2 Å². The summed E-state index contributed by atoms with van der Waals surface area (Å²) >= 11 is 0. The van der Waals surface area contributed by atoms with Gasteiger partial charge in [-0.2, -0.15) is 13.2 Å². The Bertz CT molecular complexity index is 456. The minimum atomic E-state index is -4.11. The molecule has 0 amide bonds. The molecule has 0 aliphatic carbocycles. The lowest BCUT2D eigenvalue weighted by atomic mass is 10.1. The second-order valence-corrected chi connectivity index (χ2v) is 5.59. The summed E-state index contributed by atoms with van der Waals surface area (Å²) in [7, 11) is 0. The molecule has 114 valence electrons. The number of nitrogens with one attached hydrogen (secondary N) is 1. The van der Waals surface area contributed by atoms with Crippen molar-refractivity contribution in [1.29, 1.82) is 0 Å². The molecule has 1 aliphatic rings. The molecule has 2 atom stereocenters. The lowest BCUT2D eigenvalue weighted by molar-refractivity contribution is -0.143. The van der Waals surface area contributed by atoms with Crippen molar-refractivity contribution >= 4 is 0 Å². The maximum atomic E-state index is 12.3. The molecule has 0 bridgehead atoms. The molecule has 0 aromatic carbocycles. The molecule has 3 nitrogen and oxygen atoms in total. The van der Waals surface area contributed by atoms with Crippen LogP contribution < -0.4 is 5.32 Å². The van der Waals surface area contributed by atoms with Crippen LogP contribution in [0.25, 0.3) is 0 Å². The molecule has 0 saturated carbocycles. The molecule has 1 aromatic heterocycles. The Morgan fingerprint density at radius 2 is 2.15 bits per heavy atom. The number of nitrogens with zero attached hydrogens (tertiary/aromatic N) is 1. The summed E-state index contributed by atoms with van der Waals surface area (Å²) in [5.74, 6) is 1.73. The normalized spacial score (nSPS) is 22.4. The molecule has 1 N–H and O–H groups in total. The van der Waals surface area contributed by atoms with Crippen LogP contribution in [0.5, 0.6) is 0 Å². The number of hydrogen-bond donors (Lipinski definition) is 1. The summed E-state index contributed by atoms with van der Waals surface area (Å²) in [6.45, 7) is 5.94. The fourth-order valence-corrected chi connectivity index (χ4v) is 2.89. The first-order chi connectivity index (χ1) is 9.24. The van der Waals surface area contributed by atoms with Crippen molar-refractivity contribution in [1.82, 2.24) is 10.2 Å². The van der Waals surface area contributed by atoms with Gasteiger partial charge in [-0.1, -0.05) is 0 Å². The number of aryl methyl sites for hydroxylation is 2. The molecule has 20 heavy (non-hydrogen) atoms. The molecule has 1 fully saturated rings. The van der Waals surface area contributed by atoms with E-state index in [-0.39, 0.29) is 12.1 Å². The van der Waals surface area contributed by atoms with E-state index in [2.05, 4.69) is 5.32 Å². The summed E-state index contributed by atoms with van der Waals surface area (Å²) in [5, 5.41) is 3.40. The third-order valence-corrected chi connectivity index (χ3v) is 3.71. The largest absolute Gasteiger partial charge is 0.466 e. The molecular formula is C14H21F3N2O. The average Bonchev–Trinajstić information content (AvgIpc) is 2.83. The van der Waals surface area contributed by atoms with Crippen LogP contribution in [0.2, 0.25) is 0 Å². The van der Waals surface area contributed by atoms with Gasteiger partial charge in [0.2, 0.25) is 0 Å². The SMILES string of the molecule is Cc1cc([C@@H](C)N[C@H]2CCN(CC(F)(F)F)C2)c(C)o1. The lowest BCUT2D eigenvalue weighted by Crippen LogP contribution is -2.37. The lowest BCUT2D eigenvalue weighted by Gasteiger charge is -2.21. The van der Waals surface area contributed by atoms with Crippen LogP contribution >= 0.6 is 0 Å². The van der Waals surface area contributed by atoms with Gasteiger partial charge >= 0.3 is 6.18 Å². The van der Waals surface area contributed by atoms with Crippen LogP contribution in [0.1, 0.15) is 36.5 Å². The Hall–Kier alpha value is -1.01. The van der Waals surface area contributed by atoms with E-state index < -0.39 is 12.7 Å². The molecule has 1 aliphatic heterocycles. The second-order valence-electron chi connectivity index (χ2n) is 5.59. The van der Waals surface area contributed by atoms with Gasteiger partial charge in [-0.25, -0.2) is 0 Å². The van der Waals surface area contributed by atoms with Crippen molar-refractivity contribution in [2.75, 3.05) is 19.6 Å². The average molecular weight is 290 g/mol. The van der Waals surface area contributed by atoms with Gasteiger partial charge in [0.15, 0.2) is 0 Å². The Balaban J connectivity index is 1.87. The zero-order chi connectivity index (χ0) is 14.9. The second kappa shape index (κ2) is 5.77. The van der Waals surface area contributed by atoms with Crippen molar-refractivity contribution in [2.24, 2.45) is 0 Å². The maximum absolute atomic E-state index is 12.3. The number of alkyl halides is 3. The molecule has 2 heterocycles. The molecule has 0 spiro atoms. The Labute approximate surface area is 117 Å². The molecule has 0 radical (unpaired) electrons. The first kappa shape index (κ1) is 15.4. The predicted molar refractivity (Wildman–Crippen MR) is 70.6 cm³/mol. The summed E-state index contributed by atoms with van der Waals surface area (Å²) in [4.78, 5) is 1.46. The minimum absolute atomic E-state index is 0.0864. The van der Waals surface area contributed by atoms with E-state index >= 15 is 0 Å². The summed E-state index contributed by atoms with van der Waals surface area (Å²) < 4.78 is 42.5. The third kappa shape index (κ3) is 3.99. The maximum Gasteiger partial charge on any atom is 0.401 e. The summed E-state index contributed by atoms with van der Waals surface area (Å²) in [6.07, 6.45) is -3.37. The van der Waals surface area contributed by atoms with Gasteiger partial charge < -0.3 is 9.73 Å². The summed E-state index contributed by atoms with van der Waals surface area (Å²) in [5.41, 5.74) is 1.08. The standard InChI is InChI=1S/C14H21F3N2O/c1-9-6-13(11(3)20-9)10(2)18-12-4-5-19(7-12)8-14(15,16)17/h6,10,12,18H,4-5,7-8H2,1-3H3/t10-,12+/m1/s1. The molecule has 0 unspecified atom stereocenters. The zero-order valence-corrected chi connectivity index (χ0v) is 12.0. The first-order valence-electron chi connectivity index (χ1n) is 6.86. The number of furan rings is 1. The Morgan fingerprint density at radius 1 is 1.45 bits per heavy atom. The minimum Gasteiger partial charge on any atom is -0.466 e. The fourth-order valence-electron chi connectivity index (χ4n) is 2.89. The Morgan fingerprint density at radius 3 is 2.70 bits per heavy atom. The molecule has 1 saturated heterocycles. The van der Waals surface area contributed by atoms with Crippen molar-refractivity contribution < 1.29 is 17.6 Å². The number of likely N-dealkylation sites (tertiary alicyclic amines) is 1. The van der Waals surface area contributed by atoms with Gasteiger partial charge in [-0.3, -0.25) is 4.90 Å². The van der Waals surface area contributed by atoms with Gasteiger partial charge in [0.25, 0.3) is 0 Å². The van der Waals surface area contributed by atoms with Gasteiger partial charge in [0.05, 0.1) is 6.54 Å². The molecule has 6 heteroatoms. The topological polar surface area (TPSA) is 28.4 Å². The van der Waals surface area contributed by atoms with E-state index in [0.717, 1.165) is 23.5 Å². The zero-order valence-electron chi connectivity index (χ0n) is 12.0. The molecular weight excluding hydrogens is 269 g/mol. The monoisotopic (exact) mass is 290 g/mol. The fraction of sp³-hybridized carbons (Fsp3) is 0.714. The number of halogens is 3. The highest BCUT2D eigenvalue weighted by molar-refractivity contribution is 5.23. The van der Waals surface area contributed by atoms with E-state index in [9.17, 15) is 13.2 Å². The highest BCUT2D eigenvalue weighted by Crippen LogP contribution is 2.24. The van der Waals surface area contributed by atoms with Crippen molar-refractivity contribution in [3.8, 4) is 0 Å². The molecule has 1 aromatic rings. The predicted octanol–water partition coefficient (Wildman–Crippen LogP) is 3.18. The van der Waals surface area contributed by atoms with Gasteiger partial charge in [0.1, 0.15) is 11.5 Å². The Kier molecular flexibility index (Phi) is 4.44.